The van der Waals surface area contributed by atoms with Gasteiger partial charge in [-0.15, -0.1) is 0 Å². The zero-order chi connectivity index (χ0) is 10.9. The van der Waals surface area contributed by atoms with E-state index in [1.165, 1.54) is 0 Å². The summed E-state index contributed by atoms with van der Waals surface area (Å²) < 4.78 is 24.5. The van der Waals surface area contributed by atoms with Crippen molar-refractivity contribution in [1.29, 1.82) is 0 Å². The minimum absolute atomic E-state index is 0.453. The lowest BCUT2D eigenvalue weighted by molar-refractivity contribution is -0.386. The maximum absolute atomic E-state index is 12.2. The van der Waals surface area contributed by atoms with Gasteiger partial charge < -0.3 is 4.98 Å². The van der Waals surface area contributed by atoms with E-state index in [0.717, 1.165) is 0 Å². The number of nitrogens with one attached hydrogen (secondary N) is 1. The molecule has 0 saturated carbocycles. The highest BCUT2D eigenvalue weighted by Crippen LogP contribution is 2.31. The van der Waals surface area contributed by atoms with Gasteiger partial charge in [-0.1, -0.05) is 11.6 Å². The fraction of sp³-hybridized carbons (Fsp3) is 0.167. The van der Waals surface area contributed by atoms with Crippen LogP contribution in [0.5, 0.6) is 0 Å². The lowest BCUT2D eigenvalue weighted by Crippen LogP contribution is -2.10. The molecule has 0 fully saturated rings. The SMILES string of the molecule is O=c1cc(C(F)F)c([N+](=O)[O-])c(Cl)[nH]1. The Balaban J connectivity index is 3.52. The Morgan fingerprint density at radius 1 is 1.57 bits per heavy atom. The number of H-pyrrole nitrogens is 1. The summed E-state index contributed by atoms with van der Waals surface area (Å²) in [4.78, 5) is 21.8. The number of hydrogen-bond donors (Lipinski definition) is 1. The molecule has 0 aromatic carbocycles. The largest absolute Gasteiger partial charge is 0.313 e. The van der Waals surface area contributed by atoms with Crippen molar-refractivity contribution in [2.24, 2.45) is 0 Å². The number of aromatic nitrogens is 1. The molecule has 0 unspecified atom stereocenters. The Bertz CT molecular complexity index is 432. The highest BCUT2D eigenvalue weighted by Gasteiger charge is 2.26. The first-order valence-electron chi connectivity index (χ1n) is 3.28. The van der Waals surface area contributed by atoms with Gasteiger partial charge in [0.15, 0.2) is 5.15 Å². The second-order valence-corrected chi connectivity index (χ2v) is 2.69. The Morgan fingerprint density at radius 2 is 2.14 bits per heavy atom. The van der Waals surface area contributed by atoms with Crippen LogP contribution >= 0.6 is 11.6 Å². The molecule has 1 heterocycles. The van der Waals surface area contributed by atoms with Gasteiger partial charge in [0.1, 0.15) is 5.56 Å². The van der Waals surface area contributed by atoms with Crippen LogP contribution in [0.3, 0.4) is 0 Å². The van der Waals surface area contributed by atoms with E-state index in [0.29, 0.717) is 6.07 Å². The van der Waals surface area contributed by atoms with Gasteiger partial charge in [-0.25, -0.2) is 8.78 Å². The van der Waals surface area contributed by atoms with Gasteiger partial charge in [-0.05, 0) is 0 Å². The molecule has 0 bridgehead atoms. The minimum atomic E-state index is -3.12. The predicted molar refractivity (Wildman–Crippen MR) is 43.7 cm³/mol. The summed E-state index contributed by atoms with van der Waals surface area (Å²) in [6.45, 7) is 0. The van der Waals surface area contributed by atoms with Gasteiger partial charge in [0.05, 0.1) is 4.92 Å². The van der Waals surface area contributed by atoms with Crippen LogP contribution in [0.2, 0.25) is 5.15 Å². The van der Waals surface area contributed by atoms with Crippen molar-refractivity contribution in [3.63, 3.8) is 0 Å². The maximum Gasteiger partial charge on any atom is 0.313 e. The van der Waals surface area contributed by atoms with Crippen molar-refractivity contribution >= 4 is 17.3 Å². The summed E-state index contributed by atoms with van der Waals surface area (Å²) >= 11 is 5.24. The van der Waals surface area contributed by atoms with E-state index in [9.17, 15) is 23.7 Å². The molecule has 0 aliphatic rings. The third-order valence-electron chi connectivity index (χ3n) is 1.42. The molecule has 5 nitrogen and oxygen atoms in total. The van der Waals surface area contributed by atoms with E-state index in [4.69, 9.17) is 11.6 Å². The van der Waals surface area contributed by atoms with Gasteiger partial charge >= 0.3 is 5.69 Å². The first kappa shape index (κ1) is 10.6. The molecule has 0 radical (unpaired) electrons. The second-order valence-electron chi connectivity index (χ2n) is 2.31. The lowest BCUT2D eigenvalue weighted by Gasteiger charge is -2.01. The highest BCUT2D eigenvalue weighted by molar-refractivity contribution is 6.31. The van der Waals surface area contributed by atoms with Crippen LogP contribution < -0.4 is 5.56 Å². The number of halogens is 3. The van der Waals surface area contributed by atoms with Gasteiger partial charge in [0, 0.05) is 6.07 Å². The van der Waals surface area contributed by atoms with Crippen LogP contribution in [-0.4, -0.2) is 9.91 Å². The van der Waals surface area contributed by atoms with Gasteiger partial charge in [0.2, 0.25) is 5.56 Å². The molecule has 0 amide bonds. The molecule has 0 saturated heterocycles. The van der Waals surface area contributed by atoms with Crippen LogP contribution in [0.1, 0.15) is 12.0 Å². The van der Waals surface area contributed by atoms with E-state index < -0.39 is 33.3 Å². The molecule has 1 rings (SSSR count). The highest BCUT2D eigenvalue weighted by atomic mass is 35.5. The van der Waals surface area contributed by atoms with Crippen molar-refractivity contribution < 1.29 is 13.7 Å². The molecule has 0 spiro atoms. The molecule has 76 valence electrons. The summed E-state index contributed by atoms with van der Waals surface area (Å²) in [7, 11) is 0. The average molecular weight is 225 g/mol. The Labute approximate surface area is 80.5 Å². The molecular weight excluding hydrogens is 222 g/mol. The third-order valence-corrected chi connectivity index (χ3v) is 1.69. The van der Waals surface area contributed by atoms with Gasteiger partial charge in [-0.2, -0.15) is 0 Å². The third kappa shape index (κ3) is 1.87. The molecule has 1 N–H and O–H groups in total. The number of rotatable bonds is 2. The molecule has 1 aromatic rings. The van der Waals surface area contributed by atoms with Crippen LogP contribution in [0.25, 0.3) is 0 Å². The molecule has 14 heavy (non-hydrogen) atoms. The van der Waals surface area contributed by atoms with E-state index in [1.807, 2.05) is 4.98 Å². The fourth-order valence-electron chi connectivity index (χ4n) is 0.892. The van der Waals surface area contributed by atoms with E-state index >= 15 is 0 Å². The zero-order valence-corrected chi connectivity index (χ0v) is 7.22. The smallest absolute Gasteiger partial charge is 0.307 e. The number of hydrogen-bond acceptors (Lipinski definition) is 3. The standard InChI is InChI=1S/C6H3ClF2N2O3/c7-5-4(11(13)14)2(6(8)9)1-3(12)10-5/h1,6H,(H,10,12). The maximum atomic E-state index is 12.2. The van der Waals surface area contributed by atoms with Gasteiger partial charge in [-0.3, -0.25) is 14.9 Å². The van der Waals surface area contributed by atoms with Crippen LogP contribution in [0.15, 0.2) is 10.9 Å². The summed E-state index contributed by atoms with van der Waals surface area (Å²) in [5, 5.41) is 9.63. The van der Waals surface area contributed by atoms with Crippen LogP contribution in [-0.2, 0) is 0 Å². The van der Waals surface area contributed by atoms with E-state index in [1.54, 1.807) is 0 Å². The summed E-state index contributed by atoms with van der Waals surface area (Å²) in [5.74, 6) is 0. The molecule has 0 aliphatic heterocycles. The first-order valence-corrected chi connectivity index (χ1v) is 3.66. The molecule has 8 heteroatoms. The number of nitrogens with zero attached hydrogens (tertiary/aromatic N) is 1. The predicted octanol–water partition coefficient (Wildman–Crippen LogP) is 1.87. The van der Waals surface area contributed by atoms with E-state index in [-0.39, 0.29) is 0 Å². The molecule has 1 aromatic heterocycles. The zero-order valence-electron chi connectivity index (χ0n) is 6.46. The number of pyridine rings is 1. The van der Waals surface area contributed by atoms with Crippen molar-refractivity contribution in [1.82, 2.24) is 4.98 Å². The van der Waals surface area contributed by atoms with Crippen molar-refractivity contribution in [3.05, 3.63) is 37.3 Å². The lowest BCUT2D eigenvalue weighted by atomic mass is 10.2. The monoisotopic (exact) mass is 224 g/mol. The topological polar surface area (TPSA) is 76.0 Å². The van der Waals surface area contributed by atoms with Crippen LogP contribution in [0, 0.1) is 10.1 Å². The second kappa shape index (κ2) is 3.70. The summed E-state index contributed by atoms with van der Waals surface area (Å²) in [5.41, 5.74) is -2.86. The fourth-order valence-corrected chi connectivity index (χ4v) is 1.16. The quantitative estimate of drug-likeness (QED) is 0.473. The number of alkyl halides is 2. The van der Waals surface area contributed by atoms with Gasteiger partial charge in [0.25, 0.3) is 6.43 Å². The molecule has 0 atom stereocenters. The minimum Gasteiger partial charge on any atom is -0.307 e. The van der Waals surface area contributed by atoms with E-state index in [2.05, 4.69) is 0 Å². The van der Waals surface area contributed by atoms with Crippen molar-refractivity contribution in [2.75, 3.05) is 0 Å². The average Bonchev–Trinajstić information content (AvgIpc) is 2.01. The first-order chi connectivity index (χ1) is 6.43. The summed E-state index contributed by atoms with van der Waals surface area (Å²) in [6, 6.07) is 0.453. The molecular formula is C6H3ClF2N2O3. The summed E-state index contributed by atoms with van der Waals surface area (Å²) in [6.07, 6.45) is -3.12. The number of nitro groups is 1. The van der Waals surface area contributed by atoms with Crippen molar-refractivity contribution in [2.45, 2.75) is 6.43 Å². The Hall–Kier alpha value is -1.50. The van der Waals surface area contributed by atoms with Crippen molar-refractivity contribution in [3.8, 4) is 0 Å². The van der Waals surface area contributed by atoms with Crippen LogP contribution in [0.4, 0.5) is 14.5 Å². The normalized spacial score (nSPS) is 10.6. The Morgan fingerprint density at radius 3 is 2.57 bits per heavy atom. The number of aromatic amines is 1. The Kier molecular flexibility index (Phi) is 2.80. The molecule has 0 aliphatic carbocycles.